The first kappa shape index (κ1) is 14.3. The van der Waals surface area contributed by atoms with Crippen LogP contribution in [-0.2, 0) is 0 Å². The molecule has 0 spiro atoms. The number of hydrogen-bond acceptors (Lipinski definition) is 6. The van der Waals surface area contributed by atoms with Crippen LogP contribution in [0, 0.1) is 10.1 Å². The molecule has 0 aliphatic carbocycles. The molecule has 8 heteroatoms. The highest BCUT2D eigenvalue weighted by atomic mass is 16.6. The van der Waals surface area contributed by atoms with Crippen molar-refractivity contribution in [3.05, 3.63) is 52.2 Å². The lowest BCUT2D eigenvalue weighted by Gasteiger charge is -2.11. The van der Waals surface area contributed by atoms with E-state index in [2.05, 4.69) is 4.98 Å². The molecule has 0 fully saturated rings. The molecular weight excluding hydrogens is 280 g/mol. The van der Waals surface area contributed by atoms with Crippen LogP contribution < -0.4 is 9.47 Å². The van der Waals surface area contributed by atoms with Crippen molar-refractivity contribution >= 4 is 11.7 Å². The lowest BCUT2D eigenvalue weighted by molar-refractivity contribution is -0.385. The maximum Gasteiger partial charge on any atom is 0.339 e. The molecule has 1 N–H and O–H groups in total. The summed E-state index contributed by atoms with van der Waals surface area (Å²) in [4.78, 5) is 25.1. The van der Waals surface area contributed by atoms with E-state index in [1.165, 1.54) is 37.6 Å². The second-order valence-corrected chi connectivity index (χ2v) is 3.85. The Kier molecular flexibility index (Phi) is 3.98. The highest BCUT2D eigenvalue weighted by Gasteiger charge is 2.18. The number of aromatic nitrogens is 1. The van der Waals surface area contributed by atoms with Crippen LogP contribution in [0.2, 0.25) is 0 Å². The van der Waals surface area contributed by atoms with Crippen LogP contribution in [0.25, 0.3) is 0 Å². The molecule has 0 amide bonds. The number of carboxylic acids is 1. The largest absolute Gasteiger partial charge is 0.493 e. The van der Waals surface area contributed by atoms with Gasteiger partial charge < -0.3 is 14.6 Å². The highest BCUT2D eigenvalue weighted by Crippen LogP contribution is 2.35. The van der Waals surface area contributed by atoms with E-state index in [1.807, 2.05) is 0 Å². The van der Waals surface area contributed by atoms with Crippen LogP contribution in [0.4, 0.5) is 5.69 Å². The number of methoxy groups -OCH3 is 1. The SMILES string of the molecule is COc1cccc(C(=O)O)c1Oc1cc([N+](=O)[O-])ccn1. The van der Waals surface area contributed by atoms with Gasteiger partial charge in [-0.3, -0.25) is 10.1 Å². The van der Waals surface area contributed by atoms with Crippen molar-refractivity contribution in [2.75, 3.05) is 7.11 Å². The van der Waals surface area contributed by atoms with Crippen LogP contribution in [0.3, 0.4) is 0 Å². The summed E-state index contributed by atoms with van der Waals surface area (Å²) in [6.45, 7) is 0. The molecule has 2 aromatic rings. The quantitative estimate of drug-likeness (QED) is 0.664. The van der Waals surface area contributed by atoms with Gasteiger partial charge in [0.15, 0.2) is 11.5 Å². The molecule has 0 aliphatic rings. The monoisotopic (exact) mass is 290 g/mol. The Bertz CT molecular complexity index is 701. The Labute approximate surface area is 118 Å². The topological polar surface area (TPSA) is 112 Å². The van der Waals surface area contributed by atoms with Gasteiger partial charge in [0.2, 0.25) is 5.88 Å². The first-order valence-electron chi connectivity index (χ1n) is 5.71. The number of carbonyl (C=O) groups is 1. The van der Waals surface area contributed by atoms with Gasteiger partial charge in [-0.25, -0.2) is 9.78 Å². The Morgan fingerprint density at radius 1 is 1.38 bits per heavy atom. The number of nitrogens with zero attached hydrogens (tertiary/aromatic N) is 2. The van der Waals surface area contributed by atoms with E-state index in [9.17, 15) is 14.9 Å². The van der Waals surface area contributed by atoms with Gasteiger partial charge in [0, 0.05) is 12.3 Å². The molecule has 108 valence electrons. The Morgan fingerprint density at radius 2 is 2.14 bits per heavy atom. The number of aromatic carboxylic acids is 1. The molecule has 1 aromatic heterocycles. The lowest BCUT2D eigenvalue weighted by atomic mass is 10.2. The first-order valence-corrected chi connectivity index (χ1v) is 5.71. The van der Waals surface area contributed by atoms with Crippen molar-refractivity contribution in [2.45, 2.75) is 0 Å². The van der Waals surface area contributed by atoms with E-state index >= 15 is 0 Å². The smallest absolute Gasteiger partial charge is 0.339 e. The summed E-state index contributed by atoms with van der Waals surface area (Å²) in [7, 11) is 1.36. The minimum absolute atomic E-state index is 0.0690. The molecule has 8 nitrogen and oxygen atoms in total. The molecule has 1 heterocycles. The Hall–Kier alpha value is -3.16. The van der Waals surface area contributed by atoms with Crippen LogP contribution in [0.1, 0.15) is 10.4 Å². The summed E-state index contributed by atoms with van der Waals surface area (Å²) < 4.78 is 10.4. The number of para-hydroxylation sites is 1. The number of benzene rings is 1. The lowest BCUT2D eigenvalue weighted by Crippen LogP contribution is -2.02. The fraction of sp³-hybridized carbons (Fsp3) is 0.0769. The van der Waals surface area contributed by atoms with Gasteiger partial charge in [-0.2, -0.15) is 0 Å². The van der Waals surface area contributed by atoms with Gasteiger partial charge in [-0.1, -0.05) is 6.07 Å². The van der Waals surface area contributed by atoms with Crippen molar-refractivity contribution in [3.63, 3.8) is 0 Å². The Morgan fingerprint density at radius 3 is 2.76 bits per heavy atom. The van der Waals surface area contributed by atoms with Crippen molar-refractivity contribution in [1.29, 1.82) is 0 Å². The van der Waals surface area contributed by atoms with E-state index < -0.39 is 10.9 Å². The third-order valence-corrected chi connectivity index (χ3v) is 2.57. The van der Waals surface area contributed by atoms with Gasteiger partial charge in [0.05, 0.1) is 18.1 Å². The van der Waals surface area contributed by atoms with E-state index in [0.717, 1.165) is 6.07 Å². The molecule has 1 aromatic carbocycles. The van der Waals surface area contributed by atoms with Gasteiger partial charge in [-0.05, 0) is 12.1 Å². The summed E-state index contributed by atoms with van der Waals surface area (Å²) in [5, 5.41) is 19.8. The van der Waals surface area contributed by atoms with Crippen LogP contribution in [0.15, 0.2) is 36.5 Å². The maximum absolute atomic E-state index is 11.2. The first-order chi connectivity index (χ1) is 10.0. The number of ether oxygens (including phenoxy) is 2. The fourth-order valence-corrected chi connectivity index (χ4v) is 1.62. The van der Waals surface area contributed by atoms with Crippen molar-refractivity contribution < 1.29 is 24.3 Å². The number of pyridine rings is 1. The van der Waals surface area contributed by atoms with E-state index in [4.69, 9.17) is 14.6 Å². The molecule has 0 saturated carbocycles. The number of carboxylic acid groups (broad SMARTS) is 1. The zero-order valence-electron chi connectivity index (χ0n) is 10.8. The zero-order chi connectivity index (χ0) is 15.4. The fourth-order valence-electron chi connectivity index (χ4n) is 1.62. The number of rotatable bonds is 5. The molecule has 2 rings (SSSR count). The maximum atomic E-state index is 11.2. The predicted octanol–water partition coefficient (Wildman–Crippen LogP) is 2.49. The molecule has 0 radical (unpaired) electrons. The summed E-state index contributed by atoms with van der Waals surface area (Å²) in [6, 6.07) is 6.64. The zero-order valence-corrected chi connectivity index (χ0v) is 10.8. The average Bonchev–Trinajstić information content (AvgIpc) is 2.47. The average molecular weight is 290 g/mol. The van der Waals surface area contributed by atoms with Crippen molar-refractivity contribution in [3.8, 4) is 17.4 Å². The Balaban J connectivity index is 2.45. The number of hydrogen-bond donors (Lipinski definition) is 1. The van der Waals surface area contributed by atoms with Gasteiger partial charge in [-0.15, -0.1) is 0 Å². The van der Waals surface area contributed by atoms with E-state index in [0.29, 0.717) is 0 Å². The molecule has 0 atom stereocenters. The second-order valence-electron chi connectivity index (χ2n) is 3.85. The standard InChI is InChI=1S/C13H10N2O6/c1-20-10-4-2-3-9(13(16)17)12(10)21-11-7-8(15(18)19)5-6-14-11/h2-7H,1H3,(H,16,17). The highest BCUT2D eigenvalue weighted by molar-refractivity contribution is 5.92. The molecular formula is C13H10N2O6. The van der Waals surface area contributed by atoms with Crippen molar-refractivity contribution in [2.24, 2.45) is 0 Å². The second kappa shape index (κ2) is 5.87. The molecule has 0 aliphatic heterocycles. The van der Waals surface area contributed by atoms with E-state index in [1.54, 1.807) is 0 Å². The molecule has 21 heavy (non-hydrogen) atoms. The van der Waals surface area contributed by atoms with Crippen LogP contribution in [-0.4, -0.2) is 28.1 Å². The van der Waals surface area contributed by atoms with Crippen LogP contribution >= 0.6 is 0 Å². The minimum atomic E-state index is -1.21. The van der Waals surface area contributed by atoms with E-state index in [-0.39, 0.29) is 28.6 Å². The minimum Gasteiger partial charge on any atom is -0.493 e. The van der Waals surface area contributed by atoms with Gasteiger partial charge in [0.25, 0.3) is 5.69 Å². The third kappa shape index (κ3) is 3.06. The summed E-state index contributed by atoms with van der Waals surface area (Å²) in [5.74, 6) is -1.20. The summed E-state index contributed by atoms with van der Waals surface area (Å²) in [6.07, 6.45) is 1.20. The predicted molar refractivity (Wildman–Crippen MR) is 70.9 cm³/mol. The molecule has 0 unspecified atom stereocenters. The van der Waals surface area contributed by atoms with Gasteiger partial charge in [0.1, 0.15) is 5.56 Å². The summed E-state index contributed by atoms with van der Waals surface area (Å²) >= 11 is 0. The third-order valence-electron chi connectivity index (χ3n) is 2.57. The molecule has 0 saturated heterocycles. The van der Waals surface area contributed by atoms with Crippen LogP contribution in [0.5, 0.6) is 17.4 Å². The normalized spacial score (nSPS) is 9.95. The van der Waals surface area contributed by atoms with Gasteiger partial charge >= 0.3 is 5.97 Å². The van der Waals surface area contributed by atoms with Crippen molar-refractivity contribution in [1.82, 2.24) is 4.98 Å². The number of nitro groups is 1. The molecule has 0 bridgehead atoms. The summed E-state index contributed by atoms with van der Waals surface area (Å²) in [5.41, 5.74) is -0.352.